The van der Waals surface area contributed by atoms with E-state index in [1.807, 2.05) is 12.1 Å². The zero-order chi connectivity index (χ0) is 16.1. The second-order valence-electron chi connectivity index (χ2n) is 5.88. The number of aryl methyl sites for hydroxylation is 1. The highest BCUT2D eigenvalue weighted by molar-refractivity contribution is 7.99. The Hall–Kier alpha value is -1.27. The van der Waals surface area contributed by atoms with Crippen LogP contribution in [0.4, 0.5) is 0 Å². The summed E-state index contributed by atoms with van der Waals surface area (Å²) < 4.78 is 11.6. The van der Waals surface area contributed by atoms with Crippen molar-refractivity contribution in [3.63, 3.8) is 0 Å². The molecule has 0 amide bonds. The van der Waals surface area contributed by atoms with Gasteiger partial charge in [0, 0.05) is 24.6 Å². The Labute approximate surface area is 141 Å². The van der Waals surface area contributed by atoms with E-state index in [2.05, 4.69) is 36.1 Å². The molecule has 5 heteroatoms. The van der Waals surface area contributed by atoms with E-state index in [1.165, 1.54) is 10.5 Å². The van der Waals surface area contributed by atoms with Crippen LogP contribution in [0.1, 0.15) is 17.7 Å². The molecule has 124 valence electrons. The molecule has 1 fully saturated rings. The first kappa shape index (κ1) is 16.6. The number of furan rings is 1. The molecule has 0 spiro atoms. The molecule has 2 heterocycles. The molecule has 1 atom stereocenters. The number of hydrogen-bond acceptors (Lipinski definition) is 5. The van der Waals surface area contributed by atoms with Gasteiger partial charge >= 0.3 is 0 Å². The highest BCUT2D eigenvalue weighted by Gasteiger charge is 2.21. The van der Waals surface area contributed by atoms with Crippen LogP contribution in [0.15, 0.2) is 50.8 Å². The van der Waals surface area contributed by atoms with E-state index in [1.54, 1.807) is 11.8 Å². The van der Waals surface area contributed by atoms with Gasteiger partial charge in [-0.3, -0.25) is 4.90 Å². The van der Waals surface area contributed by atoms with Crippen LogP contribution in [0.5, 0.6) is 0 Å². The van der Waals surface area contributed by atoms with Crippen LogP contribution >= 0.6 is 11.8 Å². The summed E-state index contributed by atoms with van der Waals surface area (Å²) in [6.07, 6.45) is 0.827. The first-order valence-electron chi connectivity index (χ1n) is 8.01. The summed E-state index contributed by atoms with van der Waals surface area (Å²) in [5.41, 5.74) is 1.26. The second-order valence-corrected chi connectivity index (χ2v) is 6.95. The third-order valence-corrected chi connectivity index (χ3v) is 4.86. The van der Waals surface area contributed by atoms with Gasteiger partial charge in [-0.05, 0) is 37.6 Å². The van der Waals surface area contributed by atoms with Crippen molar-refractivity contribution in [3.8, 4) is 0 Å². The second kappa shape index (κ2) is 8.02. The maximum Gasteiger partial charge on any atom is 0.165 e. The number of morpholine rings is 1. The molecule has 4 nitrogen and oxygen atoms in total. The van der Waals surface area contributed by atoms with Crippen molar-refractivity contribution in [1.29, 1.82) is 0 Å². The summed E-state index contributed by atoms with van der Waals surface area (Å²) in [7, 11) is 0. The van der Waals surface area contributed by atoms with Gasteiger partial charge in [0.1, 0.15) is 5.76 Å². The molecule has 1 aliphatic rings. The van der Waals surface area contributed by atoms with Crippen molar-refractivity contribution in [2.75, 3.05) is 26.3 Å². The third-order valence-electron chi connectivity index (χ3n) is 3.93. The van der Waals surface area contributed by atoms with Crippen LogP contribution in [0.25, 0.3) is 0 Å². The fourth-order valence-electron chi connectivity index (χ4n) is 2.68. The van der Waals surface area contributed by atoms with E-state index in [9.17, 15) is 0 Å². The molecular weight excluding hydrogens is 310 g/mol. The lowest BCUT2D eigenvalue weighted by Crippen LogP contribution is -2.42. The highest BCUT2D eigenvalue weighted by Crippen LogP contribution is 2.29. The van der Waals surface area contributed by atoms with Crippen molar-refractivity contribution >= 4 is 11.8 Å². The molecule has 0 aliphatic carbocycles. The Bertz CT molecular complexity index is 609. The van der Waals surface area contributed by atoms with E-state index in [-0.39, 0.29) is 12.7 Å². The van der Waals surface area contributed by atoms with Crippen LogP contribution in [-0.4, -0.2) is 42.4 Å². The fraction of sp³-hybridized carbons (Fsp3) is 0.444. The fourth-order valence-corrected chi connectivity index (χ4v) is 3.47. The van der Waals surface area contributed by atoms with Gasteiger partial charge in [-0.1, -0.05) is 29.5 Å². The smallest absolute Gasteiger partial charge is 0.165 e. The minimum atomic E-state index is 0.130. The van der Waals surface area contributed by atoms with Crippen molar-refractivity contribution in [2.24, 2.45) is 0 Å². The predicted octanol–water partition coefficient (Wildman–Crippen LogP) is 3.32. The summed E-state index contributed by atoms with van der Waals surface area (Å²) in [6, 6.07) is 12.5. The Morgan fingerprint density at radius 1 is 1.22 bits per heavy atom. The van der Waals surface area contributed by atoms with Crippen molar-refractivity contribution in [3.05, 3.63) is 47.7 Å². The standard InChI is InChI=1S/C18H23NO3S/c1-14-2-5-17(6-3-14)23-18-7-4-16(22-18)13-19-9-11-21-15(12-19)8-10-20/h2-7,15,20H,8-13H2,1H3/t15-/m1/s1. The van der Waals surface area contributed by atoms with Gasteiger partial charge in [0.25, 0.3) is 0 Å². The van der Waals surface area contributed by atoms with Gasteiger partial charge in [0.15, 0.2) is 5.09 Å². The van der Waals surface area contributed by atoms with Crippen molar-refractivity contribution in [1.82, 2.24) is 4.90 Å². The first-order chi connectivity index (χ1) is 11.2. The van der Waals surface area contributed by atoms with Gasteiger partial charge in [-0.15, -0.1) is 0 Å². The van der Waals surface area contributed by atoms with Crippen molar-refractivity contribution < 1.29 is 14.3 Å². The number of aliphatic hydroxyl groups is 1. The molecule has 0 radical (unpaired) electrons. The lowest BCUT2D eigenvalue weighted by atomic mass is 10.2. The maximum atomic E-state index is 9.04. The minimum Gasteiger partial charge on any atom is -0.453 e. The summed E-state index contributed by atoms with van der Waals surface area (Å²) in [5.74, 6) is 0.976. The SMILES string of the molecule is Cc1ccc(Sc2ccc(CN3CCO[C@H](CCO)C3)o2)cc1. The topological polar surface area (TPSA) is 45.8 Å². The Kier molecular flexibility index (Phi) is 5.78. The zero-order valence-electron chi connectivity index (χ0n) is 13.4. The van der Waals surface area contributed by atoms with E-state index < -0.39 is 0 Å². The van der Waals surface area contributed by atoms with E-state index in [0.717, 1.165) is 37.1 Å². The number of nitrogens with zero attached hydrogens (tertiary/aromatic N) is 1. The number of ether oxygens (including phenoxy) is 1. The predicted molar refractivity (Wildman–Crippen MR) is 90.7 cm³/mol. The molecule has 3 rings (SSSR count). The van der Waals surface area contributed by atoms with Gasteiger partial charge in [-0.25, -0.2) is 0 Å². The van der Waals surface area contributed by atoms with Gasteiger partial charge in [-0.2, -0.15) is 0 Å². The molecule has 23 heavy (non-hydrogen) atoms. The molecular formula is C18H23NO3S. The molecule has 0 unspecified atom stereocenters. The summed E-state index contributed by atoms with van der Waals surface area (Å²) in [5, 5.41) is 9.96. The molecule has 1 N–H and O–H groups in total. The molecule has 0 bridgehead atoms. The van der Waals surface area contributed by atoms with Gasteiger partial charge < -0.3 is 14.3 Å². The van der Waals surface area contributed by atoms with Crippen LogP contribution in [-0.2, 0) is 11.3 Å². The molecule has 2 aromatic rings. The Morgan fingerprint density at radius 3 is 2.83 bits per heavy atom. The Morgan fingerprint density at radius 2 is 2.04 bits per heavy atom. The molecule has 1 aromatic heterocycles. The molecule has 1 aliphatic heterocycles. The largest absolute Gasteiger partial charge is 0.453 e. The van der Waals surface area contributed by atoms with Gasteiger partial charge in [0.05, 0.1) is 19.3 Å². The Balaban J connectivity index is 1.55. The van der Waals surface area contributed by atoms with Crippen LogP contribution < -0.4 is 0 Å². The van der Waals surface area contributed by atoms with Crippen LogP contribution in [0.3, 0.4) is 0 Å². The van der Waals surface area contributed by atoms with Crippen LogP contribution in [0, 0.1) is 6.92 Å². The summed E-state index contributed by atoms with van der Waals surface area (Å²) in [6.45, 7) is 5.53. The highest BCUT2D eigenvalue weighted by atomic mass is 32.2. The quantitative estimate of drug-likeness (QED) is 0.878. The normalized spacial score (nSPS) is 19.1. The lowest BCUT2D eigenvalue weighted by molar-refractivity contribution is -0.0424. The average Bonchev–Trinajstić information content (AvgIpc) is 2.97. The number of benzene rings is 1. The number of hydrogen-bond donors (Lipinski definition) is 1. The summed E-state index contributed by atoms with van der Waals surface area (Å²) >= 11 is 1.64. The molecule has 1 aromatic carbocycles. The minimum absolute atomic E-state index is 0.130. The van der Waals surface area contributed by atoms with E-state index in [0.29, 0.717) is 6.42 Å². The van der Waals surface area contributed by atoms with Crippen LogP contribution in [0.2, 0.25) is 0 Å². The summed E-state index contributed by atoms with van der Waals surface area (Å²) in [4.78, 5) is 3.51. The van der Waals surface area contributed by atoms with E-state index in [4.69, 9.17) is 14.3 Å². The molecule has 1 saturated heterocycles. The van der Waals surface area contributed by atoms with E-state index >= 15 is 0 Å². The monoisotopic (exact) mass is 333 g/mol. The average molecular weight is 333 g/mol. The third kappa shape index (κ3) is 4.85. The maximum absolute atomic E-state index is 9.04. The number of rotatable bonds is 6. The number of aliphatic hydroxyl groups excluding tert-OH is 1. The van der Waals surface area contributed by atoms with Gasteiger partial charge in [0.2, 0.25) is 0 Å². The first-order valence-corrected chi connectivity index (χ1v) is 8.82. The zero-order valence-corrected chi connectivity index (χ0v) is 14.2. The van der Waals surface area contributed by atoms with Crippen molar-refractivity contribution in [2.45, 2.75) is 36.0 Å². The molecule has 0 saturated carbocycles. The lowest BCUT2D eigenvalue weighted by Gasteiger charge is -2.32.